The highest BCUT2D eigenvalue weighted by Gasteiger charge is 1.99. The van der Waals surface area contributed by atoms with Gasteiger partial charge in [-0.2, -0.15) is 0 Å². The SMILES string of the molecule is Cl.c1ccc(-c2ccc3ccccc3n2)cc1. The minimum Gasteiger partial charge on any atom is -0.248 e. The molecule has 0 aliphatic rings. The van der Waals surface area contributed by atoms with Crippen LogP contribution in [0.2, 0.25) is 0 Å². The number of hydrogen-bond acceptors (Lipinski definition) is 1. The van der Waals surface area contributed by atoms with Crippen LogP contribution in [0, 0.1) is 0 Å². The third kappa shape index (κ3) is 2.29. The zero-order valence-electron chi connectivity index (χ0n) is 9.21. The molecule has 3 rings (SSSR count). The summed E-state index contributed by atoms with van der Waals surface area (Å²) in [6.45, 7) is 0. The minimum absolute atomic E-state index is 0. The Hall–Kier alpha value is -1.86. The Kier molecular flexibility index (Phi) is 3.40. The smallest absolute Gasteiger partial charge is 0.0709 e. The van der Waals surface area contributed by atoms with E-state index in [0.29, 0.717) is 0 Å². The highest BCUT2D eigenvalue weighted by molar-refractivity contribution is 5.85. The molecular weight excluding hydrogens is 230 g/mol. The molecule has 1 heterocycles. The van der Waals surface area contributed by atoms with Crippen molar-refractivity contribution in [2.45, 2.75) is 0 Å². The maximum atomic E-state index is 4.65. The highest BCUT2D eigenvalue weighted by Crippen LogP contribution is 2.20. The molecule has 0 saturated heterocycles. The molecule has 0 aliphatic carbocycles. The molecule has 2 aromatic carbocycles. The highest BCUT2D eigenvalue weighted by atomic mass is 35.5. The Labute approximate surface area is 107 Å². The summed E-state index contributed by atoms with van der Waals surface area (Å²) in [5.41, 5.74) is 3.23. The van der Waals surface area contributed by atoms with Crippen molar-refractivity contribution in [1.29, 1.82) is 0 Å². The molecule has 0 spiro atoms. The summed E-state index contributed by atoms with van der Waals surface area (Å²) >= 11 is 0. The number of halogens is 1. The zero-order valence-corrected chi connectivity index (χ0v) is 10.0. The first-order chi connectivity index (χ1) is 7.93. The standard InChI is InChI=1S/C15H11N.ClH/c1-2-6-12(7-3-1)15-11-10-13-8-4-5-9-14(13)16-15;/h1-11H;1H. The second-order valence-electron chi connectivity index (χ2n) is 3.76. The van der Waals surface area contributed by atoms with E-state index in [9.17, 15) is 0 Å². The van der Waals surface area contributed by atoms with Crippen molar-refractivity contribution in [3.05, 3.63) is 66.7 Å². The first-order valence-corrected chi connectivity index (χ1v) is 5.35. The fourth-order valence-electron chi connectivity index (χ4n) is 1.84. The zero-order chi connectivity index (χ0) is 10.8. The van der Waals surface area contributed by atoms with Crippen LogP contribution in [0.4, 0.5) is 0 Å². The maximum absolute atomic E-state index is 4.65. The summed E-state index contributed by atoms with van der Waals surface area (Å²) < 4.78 is 0. The molecule has 17 heavy (non-hydrogen) atoms. The van der Waals surface area contributed by atoms with E-state index in [-0.39, 0.29) is 12.4 Å². The van der Waals surface area contributed by atoms with Crippen LogP contribution in [-0.2, 0) is 0 Å². The molecule has 2 heteroatoms. The summed E-state index contributed by atoms with van der Waals surface area (Å²) in [6, 6.07) is 22.6. The Morgan fingerprint density at radius 2 is 1.35 bits per heavy atom. The second-order valence-corrected chi connectivity index (χ2v) is 3.76. The lowest BCUT2D eigenvalue weighted by molar-refractivity contribution is 1.40. The number of rotatable bonds is 1. The van der Waals surface area contributed by atoms with Gasteiger partial charge in [-0.05, 0) is 12.1 Å². The predicted octanol–water partition coefficient (Wildman–Crippen LogP) is 4.32. The first kappa shape index (κ1) is 11.6. The molecule has 0 saturated carbocycles. The van der Waals surface area contributed by atoms with Gasteiger partial charge in [0.25, 0.3) is 0 Å². The molecule has 0 bridgehead atoms. The van der Waals surface area contributed by atoms with Crippen molar-refractivity contribution < 1.29 is 0 Å². The summed E-state index contributed by atoms with van der Waals surface area (Å²) in [4.78, 5) is 4.65. The second kappa shape index (κ2) is 4.98. The fourth-order valence-corrected chi connectivity index (χ4v) is 1.84. The van der Waals surface area contributed by atoms with Crippen LogP contribution in [0.1, 0.15) is 0 Å². The van der Waals surface area contributed by atoms with E-state index in [1.54, 1.807) is 0 Å². The third-order valence-electron chi connectivity index (χ3n) is 2.67. The lowest BCUT2D eigenvalue weighted by Gasteiger charge is -2.02. The van der Waals surface area contributed by atoms with Crippen molar-refractivity contribution >= 4 is 23.3 Å². The Bertz CT molecular complexity index is 620. The molecule has 1 aromatic heterocycles. The number of pyridine rings is 1. The van der Waals surface area contributed by atoms with Gasteiger partial charge >= 0.3 is 0 Å². The van der Waals surface area contributed by atoms with Gasteiger partial charge in [0.2, 0.25) is 0 Å². The normalized spacial score (nSPS) is 9.88. The van der Waals surface area contributed by atoms with Crippen LogP contribution < -0.4 is 0 Å². The molecule has 0 atom stereocenters. The number of para-hydroxylation sites is 1. The van der Waals surface area contributed by atoms with Crippen LogP contribution in [0.15, 0.2) is 66.7 Å². The topological polar surface area (TPSA) is 12.9 Å². The van der Waals surface area contributed by atoms with Crippen LogP contribution in [0.3, 0.4) is 0 Å². The number of benzene rings is 2. The van der Waals surface area contributed by atoms with Gasteiger partial charge in [-0.3, -0.25) is 0 Å². The molecule has 0 amide bonds. The van der Waals surface area contributed by atoms with Crippen molar-refractivity contribution in [3.8, 4) is 11.3 Å². The van der Waals surface area contributed by atoms with Crippen LogP contribution in [0.25, 0.3) is 22.2 Å². The van der Waals surface area contributed by atoms with Crippen molar-refractivity contribution in [3.63, 3.8) is 0 Å². The lowest BCUT2D eigenvalue weighted by Crippen LogP contribution is -1.84. The number of aromatic nitrogens is 1. The number of hydrogen-bond donors (Lipinski definition) is 0. The van der Waals surface area contributed by atoms with Crippen LogP contribution in [0.5, 0.6) is 0 Å². The van der Waals surface area contributed by atoms with Gasteiger partial charge in [0.1, 0.15) is 0 Å². The van der Waals surface area contributed by atoms with Gasteiger partial charge in [0, 0.05) is 10.9 Å². The monoisotopic (exact) mass is 241 g/mol. The largest absolute Gasteiger partial charge is 0.248 e. The van der Waals surface area contributed by atoms with Gasteiger partial charge in [-0.1, -0.05) is 54.6 Å². The molecule has 0 fully saturated rings. The number of nitrogens with zero attached hydrogens (tertiary/aromatic N) is 1. The molecular formula is C15H12ClN. The molecule has 0 radical (unpaired) electrons. The Balaban J connectivity index is 0.00000108. The first-order valence-electron chi connectivity index (χ1n) is 5.35. The third-order valence-corrected chi connectivity index (χ3v) is 2.67. The number of fused-ring (bicyclic) bond motifs is 1. The fraction of sp³-hybridized carbons (Fsp3) is 0. The van der Waals surface area contributed by atoms with Crippen LogP contribution >= 0.6 is 12.4 Å². The average Bonchev–Trinajstić information content (AvgIpc) is 2.39. The minimum atomic E-state index is 0. The van der Waals surface area contributed by atoms with E-state index in [4.69, 9.17) is 0 Å². The van der Waals surface area contributed by atoms with E-state index < -0.39 is 0 Å². The van der Waals surface area contributed by atoms with Crippen molar-refractivity contribution in [2.75, 3.05) is 0 Å². The summed E-state index contributed by atoms with van der Waals surface area (Å²) in [7, 11) is 0. The molecule has 1 nitrogen and oxygen atoms in total. The summed E-state index contributed by atoms with van der Waals surface area (Å²) in [5.74, 6) is 0. The van der Waals surface area contributed by atoms with Gasteiger partial charge < -0.3 is 0 Å². The lowest BCUT2D eigenvalue weighted by atomic mass is 10.1. The molecule has 0 aliphatic heterocycles. The average molecular weight is 242 g/mol. The van der Waals surface area contributed by atoms with E-state index in [1.807, 2.05) is 36.4 Å². The quantitative estimate of drug-likeness (QED) is 0.618. The maximum Gasteiger partial charge on any atom is 0.0709 e. The van der Waals surface area contributed by atoms with E-state index in [0.717, 1.165) is 16.8 Å². The predicted molar refractivity (Wildman–Crippen MR) is 74.4 cm³/mol. The molecule has 3 aromatic rings. The summed E-state index contributed by atoms with van der Waals surface area (Å²) in [5, 5.41) is 1.18. The van der Waals surface area contributed by atoms with E-state index >= 15 is 0 Å². The molecule has 0 unspecified atom stereocenters. The van der Waals surface area contributed by atoms with Crippen molar-refractivity contribution in [2.24, 2.45) is 0 Å². The molecule has 84 valence electrons. The van der Waals surface area contributed by atoms with Crippen LogP contribution in [-0.4, -0.2) is 4.98 Å². The summed E-state index contributed by atoms with van der Waals surface area (Å²) in [6.07, 6.45) is 0. The van der Waals surface area contributed by atoms with E-state index in [1.165, 1.54) is 5.39 Å². The van der Waals surface area contributed by atoms with E-state index in [2.05, 4.69) is 35.3 Å². The van der Waals surface area contributed by atoms with Gasteiger partial charge in [0.15, 0.2) is 0 Å². The van der Waals surface area contributed by atoms with Crippen molar-refractivity contribution in [1.82, 2.24) is 4.98 Å². The van der Waals surface area contributed by atoms with Gasteiger partial charge in [-0.25, -0.2) is 4.98 Å². The Morgan fingerprint density at radius 1 is 0.647 bits per heavy atom. The Morgan fingerprint density at radius 3 is 2.18 bits per heavy atom. The van der Waals surface area contributed by atoms with Gasteiger partial charge in [0.05, 0.1) is 11.2 Å². The molecule has 0 N–H and O–H groups in total. The van der Waals surface area contributed by atoms with Gasteiger partial charge in [-0.15, -0.1) is 12.4 Å².